The van der Waals surface area contributed by atoms with Gasteiger partial charge in [0.2, 0.25) is 0 Å². The van der Waals surface area contributed by atoms with Crippen molar-refractivity contribution in [3.8, 4) is 5.75 Å². The van der Waals surface area contributed by atoms with E-state index in [9.17, 15) is 19.5 Å². The van der Waals surface area contributed by atoms with Crippen LogP contribution in [0.15, 0.2) is 91.0 Å². The van der Waals surface area contributed by atoms with Crippen LogP contribution in [0, 0.1) is 5.92 Å². The molecule has 4 amide bonds. The number of anilines is 2. The average molecular weight is 681 g/mol. The fraction of sp³-hybridized carbons (Fsp3) is 0.375. The number of rotatable bonds is 7. The highest BCUT2D eigenvalue weighted by Gasteiger charge is 2.31. The number of hydrogen-bond acceptors (Lipinski definition) is 6. The lowest BCUT2D eigenvalue weighted by Gasteiger charge is -2.36. The molecule has 50 heavy (non-hydrogen) atoms. The van der Waals surface area contributed by atoms with Gasteiger partial charge in [-0.3, -0.25) is 9.59 Å². The zero-order chi connectivity index (χ0) is 35.6. The maximum atomic E-state index is 14.5. The summed E-state index contributed by atoms with van der Waals surface area (Å²) >= 11 is 0. The molecule has 1 heterocycles. The van der Waals surface area contributed by atoms with Crippen molar-refractivity contribution in [3.05, 3.63) is 102 Å². The van der Waals surface area contributed by atoms with Crippen LogP contribution in [0.3, 0.4) is 0 Å². The molecule has 0 radical (unpaired) electrons. The van der Waals surface area contributed by atoms with Crippen molar-refractivity contribution < 1.29 is 29.0 Å². The zero-order valence-corrected chi connectivity index (χ0v) is 29.3. The number of nitrogens with zero attached hydrogens (tertiary/aromatic N) is 2. The van der Waals surface area contributed by atoms with Gasteiger partial charge in [0.05, 0.1) is 36.1 Å². The first-order chi connectivity index (χ1) is 24.1. The van der Waals surface area contributed by atoms with E-state index in [0.717, 1.165) is 30.0 Å². The number of carbonyl (C=O) groups is 3. The molecule has 4 aromatic rings. The second kappa shape index (κ2) is 17.1. The lowest BCUT2D eigenvalue weighted by atomic mass is 10.0. The Labute approximate surface area is 294 Å². The van der Waals surface area contributed by atoms with Crippen LogP contribution in [0.5, 0.6) is 5.75 Å². The van der Waals surface area contributed by atoms with Crippen molar-refractivity contribution in [1.29, 1.82) is 0 Å². The topological polar surface area (TPSA) is 120 Å². The molecule has 0 bridgehead atoms. The second-order valence-corrected chi connectivity index (χ2v) is 13.2. The van der Waals surface area contributed by atoms with Crippen molar-refractivity contribution in [2.45, 2.75) is 58.3 Å². The Balaban J connectivity index is 1.40. The molecule has 1 aliphatic heterocycles. The van der Waals surface area contributed by atoms with E-state index in [1.165, 1.54) is 0 Å². The molecule has 10 heteroatoms. The summed E-state index contributed by atoms with van der Waals surface area (Å²) in [5, 5.41) is 18.0. The molecule has 4 atom stereocenters. The van der Waals surface area contributed by atoms with Gasteiger partial charge in [-0.25, -0.2) is 4.79 Å². The molecular weight excluding hydrogens is 632 g/mol. The maximum Gasteiger partial charge on any atom is 0.323 e. The van der Waals surface area contributed by atoms with Crippen molar-refractivity contribution in [1.82, 2.24) is 9.80 Å². The number of hydrogen-bond donors (Lipinski definition) is 3. The second-order valence-electron chi connectivity index (χ2n) is 13.2. The van der Waals surface area contributed by atoms with E-state index < -0.39 is 12.1 Å². The maximum absolute atomic E-state index is 14.5. The number of aliphatic hydroxyl groups excluding tert-OH is 1. The molecule has 10 nitrogen and oxygen atoms in total. The fourth-order valence-corrected chi connectivity index (χ4v) is 6.24. The number of nitrogens with one attached hydrogen (secondary N) is 2. The minimum Gasteiger partial charge on any atom is -0.490 e. The molecule has 264 valence electrons. The van der Waals surface area contributed by atoms with E-state index in [4.69, 9.17) is 9.47 Å². The Hall–Kier alpha value is -4.93. The van der Waals surface area contributed by atoms with E-state index in [0.29, 0.717) is 35.8 Å². The first-order valence-corrected chi connectivity index (χ1v) is 17.3. The van der Waals surface area contributed by atoms with Crippen molar-refractivity contribution in [2.24, 2.45) is 5.92 Å². The molecule has 0 saturated heterocycles. The summed E-state index contributed by atoms with van der Waals surface area (Å²) in [7, 11) is 1.76. The molecule has 0 saturated carbocycles. The summed E-state index contributed by atoms with van der Waals surface area (Å²) in [6, 6.07) is 26.7. The molecule has 0 fully saturated rings. The third-order valence-corrected chi connectivity index (χ3v) is 9.17. The summed E-state index contributed by atoms with van der Waals surface area (Å²) in [6.07, 6.45) is 1.85. The number of aliphatic hydroxyl groups is 1. The number of fused-ring (bicyclic) bond motifs is 2. The molecule has 4 aromatic carbocycles. The molecule has 3 N–H and O–H groups in total. The van der Waals surface area contributed by atoms with Gasteiger partial charge in [-0.1, -0.05) is 61.5 Å². The van der Waals surface area contributed by atoms with Gasteiger partial charge in [0.25, 0.3) is 11.8 Å². The predicted octanol–water partition coefficient (Wildman–Crippen LogP) is 7.05. The Morgan fingerprint density at radius 1 is 0.960 bits per heavy atom. The lowest BCUT2D eigenvalue weighted by molar-refractivity contribution is -0.0149. The number of ether oxygens (including phenoxy) is 2. The monoisotopic (exact) mass is 680 g/mol. The van der Waals surface area contributed by atoms with Crippen LogP contribution in [0.25, 0.3) is 10.8 Å². The minimum atomic E-state index is -0.529. The van der Waals surface area contributed by atoms with Gasteiger partial charge in [-0.15, -0.1) is 0 Å². The van der Waals surface area contributed by atoms with Crippen LogP contribution < -0.4 is 15.4 Å². The molecule has 0 unspecified atom stereocenters. The number of likely N-dealkylation sites (N-methyl/N-ethyl adjacent to an activating group) is 1. The van der Waals surface area contributed by atoms with Crippen LogP contribution in [0.4, 0.5) is 16.2 Å². The molecule has 1 aliphatic rings. The van der Waals surface area contributed by atoms with E-state index in [1.54, 1.807) is 54.1 Å². The molecule has 5 rings (SSSR count). The number of urea groups is 1. The van der Waals surface area contributed by atoms with E-state index in [1.807, 2.05) is 74.5 Å². The highest BCUT2D eigenvalue weighted by molar-refractivity contribution is 6.07. The highest BCUT2D eigenvalue weighted by Crippen LogP contribution is 2.29. The summed E-state index contributed by atoms with van der Waals surface area (Å²) < 4.78 is 12.7. The quantitative estimate of drug-likeness (QED) is 0.192. The Bertz CT molecular complexity index is 1760. The van der Waals surface area contributed by atoms with E-state index in [-0.39, 0.29) is 48.7 Å². The molecule has 0 aliphatic carbocycles. The highest BCUT2D eigenvalue weighted by atomic mass is 16.5. The van der Waals surface area contributed by atoms with Gasteiger partial charge in [0, 0.05) is 49.3 Å². The normalized spacial score (nSPS) is 19.4. The first-order valence-electron chi connectivity index (χ1n) is 17.3. The number of carbonyl (C=O) groups excluding carboxylic acids is 3. The van der Waals surface area contributed by atoms with Gasteiger partial charge in [-0.2, -0.15) is 0 Å². The Kier molecular flexibility index (Phi) is 12.5. The zero-order valence-electron chi connectivity index (χ0n) is 29.3. The van der Waals surface area contributed by atoms with Gasteiger partial charge in [0.15, 0.2) is 0 Å². The lowest BCUT2D eigenvalue weighted by Crippen LogP contribution is -2.48. The summed E-state index contributed by atoms with van der Waals surface area (Å²) in [4.78, 5) is 44.2. The predicted molar refractivity (Wildman–Crippen MR) is 197 cm³/mol. The molecule has 0 spiro atoms. The van der Waals surface area contributed by atoms with Gasteiger partial charge >= 0.3 is 6.03 Å². The first kappa shape index (κ1) is 36.4. The third kappa shape index (κ3) is 9.19. The SMILES string of the molecule is C[C@@H]1CCCCO[C@H](CN(C)C(=O)c2ccccc2)[C@@H](C)CN([C@H](C)CO)C(=O)c2cc(NC(=O)Nc3cccc4ccccc34)ccc2O1. The summed E-state index contributed by atoms with van der Waals surface area (Å²) in [5.41, 5.74) is 1.95. The van der Waals surface area contributed by atoms with Crippen molar-refractivity contribution in [2.75, 3.05) is 44.0 Å². The standard InChI is InChI=1S/C40H48N4O6/c1-27-24-44(28(2)26-45)39(47)34-23-32(41-40(48)42-35-19-12-17-30-14-8-9-18-33(30)35)20-21-36(34)50-29(3)13-10-11-22-49-37(27)25-43(4)38(46)31-15-6-5-7-16-31/h5-9,12,14-21,23,27-29,37,45H,10-11,13,22,24-26H2,1-4H3,(H2,41,42,48)/t27-,28+,29+,37+/m0/s1. The Morgan fingerprint density at radius 2 is 1.70 bits per heavy atom. The summed E-state index contributed by atoms with van der Waals surface area (Å²) in [5.74, 6) is -0.244. The van der Waals surface area contributed by atoms with Crippen LogP contribution in [0.1, 0.15) is 60.7 Å². The number of benzene rings is 4. The van der Waals surface area contributed by atoms with Crippen LogP contribution in [0.2, 0.25) is 0 Å². The van der Waals surface area contributed by atoms with Crippen LogP contribution in [-0.2, 0) is 4.74 Å². The minimum absolute atomic E-state index is 0.109. The van der Waals surface area contributed by atoms with Crippen molar-refractivity contribution in [3.63, 3.8) is 0 Å². The third-order valence-electron chi connectivity index (χ3n) is 9.17. The van der Waals surface area contributed by atoms with Gasteiger partial charge in [0.1, 0.15) is 5.75 Å². The van der Waals surface area contributed by atoms with E-state index in [2.05, 4.69) is 10.6 Å². The van der Waals surface area contributed by atoms with Crippen molar-refractivity contribution >= 4 is 40.0 Å². The van der Waals surface area contributed by atoms with E-state index >= 15 is 0 Å². The fourth-order valence-electron chi connectivity index (χ4n) is 6.24. The molecule has 0 aromatic heterocycles. The number of amides is 4. The summed E-state index contributed by atoms with van der Waals surface area (Å²) in [6.45, 7) is 6.59. The Morgan fingerprint density at radius 3 is 2.48 bits per heavy atom. The van der Waals surface area contributed by atoms with Crippen LogP contribution in [-0.4, -0.2) is 84.4 Å². The average Bonchev–Trinajstić information content (AvgIpc) is 3.12. The smallest absolute Gasteiger partial charge is 0.323 e. The van der Waals surface area contributed by atoms with Gasteiger partial charge < -0.3 is 35.0 Å². The van der Waals surface area contributed by atoms with Crippen LogP contribution >= 0.6 is 0 Å². The van der Waals surface area contributed by atoms with Gasteiger partial charge in [-0.05, 0) is 74.9 Å². The molecular formula is C40H48N4O6. The largest absolute Gasteiger partial charge is 0.490 e.